The Hall–Kier alpha value is -1.88. The summed E-state index contributed by atoms with van der Waals surface area (Å²) in [5, 5.41) is 2.96. The molecular weight excluding hydrogens is 278 g/mol. The quantitative estimate of drug-likeness (QED) is 0.888. The SMILES string of the molecule is C[C@@H](C(=O)N1CCc2ccccc21)N(C)CC(=O)NC1CC1. The first-order valence-electron chi connectivity index (χ1n) is 7.95. The number of carbonyl (C=O) groups is 2. The van der Waals surface area contributed by atoms with Gasteiger partial charge in [0.05, 0.1) is 12.6 Å². The highest BCUT2D eigenvalue weighted by Crippen LogP contribution is 2.28. The van der Waals surface area contributed by atoms with Crippen molar-refractivity contribution in [1.29, 1.82) is 0 Å². The number of benzene rings is 1. The van der Waals surface area contributed by atoms with Crippen LogP contribution in [0.1, 0.15) is 25.3 Å². The predicted octanol–water partition coefficient (Wildman–Crippen LogP) is 1.17. The van der Waals surface area contributed by atoms with Gasteiger partial charge in [0.1, 0.15) is 0 Å². The van der Waals surface area contributed by atoms with Crippen LogP contribution in [0.2, 0.25) is 0 Å². The molecule has 118 valence electrons. The second-order valence-electron chi connectivity index (χ2n) is 6.30. The zero-order chi connectivity index (χ0) is 15.7. The smallest absolute Gasteiger partial charge is 0.244 e. The molecule has 2 amide bonds. The second kappa shape index (κ2) is 6.08. The van der Waals surface area contributed by atoms with Crippen LogP contribution in [0.25, 0.3) is 0 Å². The first-order chi connectivity index (χ1) is 10.6. The number of hydrogen-bond donors (Lipinski definition) is 1. The van der Waals surface area contributed by atoms with Crippen molar-refractivity contribution in [2.45, 2.75) is 38.3 Å². The fraction of sp³-hybridized carbons (Fsp3) is 0.529. The maximum absolute atomic E-state index is 12.7. The summed E-state index contributed by atoms with van der Waals surface area (Å²) in [6.07, 6.45) is 3.06. The van der Waals surface area contributed by atoms with Crippen LogP contribution in [0, 0.1) is 0 Å². The zero-order valence-electron chi connectivity index (χ0n) is 13.2. The third-order valence-corrected chi connectivity index (χ3v) is 4.51. The van der Waals surface area contributed by atoms with Crippen molar-refractivity contribution in [3.8, 4) is 0 Å². The highest BCUT2D eigenvalue weighted by molar-refractivity contribution is 5.99. The molecule has 0 unspecified atom stereocenters. The van der Waals surface area contributed by atoms with Crippen LogP contribution in [0.5, 0.6) is 0 Å². The van der Waals surface area contributed by atoms with E-state index >= 15 is 0 Å². The molecule has 0 bridgehead atoms. The standard InChI is InChI=1S/C17H23N3O2/c1-12(19(2)11-16(21)18-14-7-8-14)17(22)20-10-9-13-5-3-4-6-15(13)20/h3-6,12,14H,7-11H2,1-2H3,(H,18,21)/t12-/m0/s1. The number of anilines is 1. The number of nitrogens with one attached hydrogen (secondary N) is 1. The molecule has 1 aromatic rings. The number of hydrogen-bond acceptors (Lipinski definition) is 3. The summed E-state index contributed by atoms with van der Waals surface area (Å²) in [7, 11) is 1.83. The number of rotatable bonds is 5. The van der Waals surface area contributed by atoms with Gasteiger partial charge in [-0.1, -0.05) is 18.2 Å². The summed E-state index contributed by atoms with van der Waals surface area (Å²) in [5.41, 5.74) is 2.23. The minimum Gasteiger partial charge on any atom is -0.352 e. The zero-order valence-corrected chi connectivity index (χ0v) is 13.2. The van der Waals surface area contributed by atoms with E-state index in [2.05, 4.69) is 11.4 Å². The number of nitrogens with zero attached hydrogens (tertiary/aromatic N) is 2. The van der Waals surface area contributed by atoms with Gasteiger partial charge in [-0.05, 0) is 44.9 Å². The monoisotopic (exact) mass is 301 g/mol. The van der Waals surface area contributed by atoms with E-state index in [4.69, 9.17) is 0 Å². The summed E-state index contributed by atoms with van der Waals surface area (Å²) in [4.78, 5) is 28.3. The molecule has 1 aromatic carbocycles. The Kier molecular flexibility index (Phi) is 4.16. The van der Waals surface area contributed by atoms with E-state index in [-0.39, 0.29) is 24.4 Å². The number of likely N-dealkylation sites (N-methyl/N-ethyl adjacent to an activating group) is 1. The van der Waals surface area contributed by atoms with Crippen LogP contribution in [0.4, 0.5) is 5.69 Å². The molecule has 1 fully saturated rings. The first-order valence-corrected chi connectivity index (χ1v) is 7.95. The number of carbonyl (C=O) groups excluding carboxylic acids is 2. The maximum atomic E-state index is 12.7. The Balaban J connectivity index is 1.60. The summed E-state index contributed by atoms with van der Waals surface area (Å²) in [5.74, 6) is 0.0677. The summed E-state index contributed by atoms with van der Waals surface area (Å²) >= 11 is 0. The van der Waals surface area contributed by atoms with E-state index in [0.717, 1.165) is 31.5 Å². The molecule has 1 atom stereocenters. The van der Waals surface area contributed by atoms with Gasteiger partial charge in [0.2, 0.25) is 11.8 Å². The van der Waals surface area contributed by atoms with E-state index in [9.17, 15) is 9.59 Å². The number of fused-ring (bicyclic) bond motifs is 1. The molecule has 0 saturated heterocycles. The van der Waals surface area contributed by atoms with Crippen molar-refractivity contribution in [2.24, 2.45) is 0 Å². The minimum absolute atomic E-state index is 0.00599. The lowest BCUT2D eigenvalue weighted by Gasteiger charge is -2.28. The van der Waals surface area contributed by atoms with E-state index in [1.807, 2.05) is 42.0 Å². The summed E-state index contributed by atoms with van der Waals surface area (Å²) in [6.45, 7) is 2.86. The third kappa shape index (κ3) is 3.14. The van der Waals surface area contributed by atoms with Gasteiger partial charge in [-0.25, -0.2) is 0 Å². The Morgan fingerprint density at radius 1 is 1.36 bits per heavy atom. The predicted molar refractivity (Wildman–Crippen MR) is 85.8 cm³/mol. The van der Waals surface area contributed by atoms with Crippen LogP contribution in [0.3, 0.4) is 0 Å². The normalized spacial score (nSPS) is 18.2. The molecule has 0 spiro atoms. The molecule has 22 heavy (non-hydrogen) atoms. The van der Waals surface area contributed by atoms with Gasteiger partial charge in [-0.15, -0.1) is 0 Å². The molecule has 0 aromatic heterocycles. The summed E-state index contributed by atoms with van der Waals surface area (Å²) < 4.78 is 0. The molecule has 5 heteroatoms. The van der Waals surface area contributed by atoms with Gasteiger partial charge < -0.3 is 10.2 Å². The first kappa shape index (κ1) is 15.0. The van der Waals surface area contributed by atoms with Gasteiger partial charge in [0, 0.05) is 18.3 Å². The van der Waals surface area contributed by atoms with Crippen molar-refractivity contribution < 1.29 is 9.59 Å². The number of para-hydroxylation sites is 1. The molecule has 1 saturated carbocycles. The number of amides is 2. The van der Waals surface area contributed by atoms with Gasteiger partial charge in [0.25, 0.3) is 0 Å². The molecule has 1 aliphatic heterocycles. The molecule has 1 heterocycles. The molecule has 1 aliphatic carbocycles. The minimum atomic E-state index is -0.309. The summed E-state index contributed by atoms with van der Waals surface area (Å²) in [6, 6.07) is 8.08. The van der Waals surface area contributed by atoms with Gasteiger partial charge >= 0.3 is 0 Å². The van der Waals surface area contributed by atoms with E-state index in [1.165, 1.54) is 5.56 Å². The second-order valence-corrected chi connectivity index (χ2v) is 6.30. The fourth-order valence-corrected chi connectivity index (χ4v) is 2.85. The van der Waals surface area contributed by atoms with Crippen molar-refractivity contribution in [3.05, 3.63) is 29.8 Å². The Bertz CT molecular complexity index is 583. The molecule has 1 N–H and O–H groups in total. The van der Waals surface area contributed by atoms with Crippen molar-refractivity contribution in [2.75, 3.05) is 25.0 Å². The van der Waals surface area contributed by atoms with Crippen molar-refractivity contribution in [3.63, 3.8) is 0 Å². The fourth-order valence-electron chi connectivity index (χ4n) is 2.85. The van der Waals surface area contributed by atoms with Crippen LogP contribution < -0.4 is 10.2 Å². The lowest BCUT2D eigenvalue weighted by molar-refractivity contribution is -0.126. The third-order valence-electron chi connectivity index (χ3n) is 4.51. The highest BCUT2D eigenvalue weighted by atomic mass is 16.2. The van der Waals surface area contributed by atoms with Gasteiger partial charge in [-0.2, -0.15) is 0 Å². The largest absolute Gasteiger partial charge is 0.352 e. The van der Waals surface area contributed by atoms with E-state index < -0.39 is 0 Å². The lowest BCUT2D eigenvalue weighted by atomic mass is 10.2. The molecule has 0 radical (unpaired) electrons. The van der Waals surface area contributed by atoms with Crippen LogP contribution >= 0.6 is 0 Å². The van der Waals surface area contributed by atoms with Crippen molar-refractivity contribution >= 4 is 17.5 Å². The maximum Gasteiger partial charge on any atom is 0.244 e. The van der Waals surface area contributed by atoms with Crippen LogP contribution in [-0.2, 0) is 16.0 Å². The molecule has 3 rings (SSSR count). The van der Waals surface area contributed by atoms with Crippen LogP contribution in [0.15, 0.2) is 24.3 Å². The average Bonchev–Trinajstić information content (AvgIpc) is 3.21. The highest BCUT2D eigenvalue weighted by Gasteiger charge is 2.31. The molecular formula is C17H23N3O2. The van der Waals surface area contributed by atoms with Gasteiger partial charge in [0.15, 0.2) is 0 Å². The molecule has 2 aliphatic rings. The average molecular weight is 301 g/mol. The van der Waals surface area contributed by atoms with E-state index in [1.54, 1.807) is 0 Å². The van der Waals surface area contributed by atoms with Crippen LogP contribution in [-0.4, -0.2) is 48.9 Å². The molecule has 5 nitrogen and oxygen atoms in total. The Morgan fingerprint density at radius 2 is 2.09 bits per heavy atom. The van der Waals surface area contributed by atoms with Crippen molar-refractivity contribution in [1.82, 2.24) is 10.2 Å². The van der Waals surface area contributed by atoms with E-state index in [0.29, 0.717) is 6.04 Å². The Morgan fingerprint density at radius 3 is 2.82 bits per heavy atom. The Labute approximate surface area is 131 Å². The van der Waals surface area contributed by atoms with Gasteiger partial charge in [-0.3, -0.25) is 14.5 Å². The lowest BCUT2D eigenvalue weighted by Crippen LogP contribution is -2.48. The topological polar surface area (TPSA) is 52.7 Å².